The molecule has 0 bridgehead atoms. The Morgan fingerprint density at radius 3 is 2.50 bits per heavy atom. The number of nitrogens with zero attached hydrogens (tertiary/aromatic N) is 1. The molecule has 10 heavy (non-hydrogen) atoms. The maximum absolute atomic E-state index is 11.2. The predicted octanol–water partition coefficient (Wildman–Crippen LogP) is -0.464. The van der Waals surface area contributed by atoms with E-state index >= 15 is 0 Å². The molecule has 1 heterocycles. The van der Waals surface area contributed by atoms with Gasteiger partial charge in [-0.15, -0.1) is 0 Å². The van der Waals surface area contributed by atoms with Gasteiger partial charge in [0.2, 0.25) is 0 Å². The van der Waals surface area contributed by atoms with Crippen molar-refractivity contribution in [1.82, 2.24) is 4.31 Å². The van der Waals surface area contributed by atoms with Gasteiger partial charge in [0.15, 0.2) is 0 Å². The first-order valence-corrected chi connectivity index (χ1v) is 5.08. The zero-order valence-electron chi connectivity index (χ0n) is 6.37. The fourth-order valence-corrected chi connectivity index (χ4v) is 2.83. The van der Waals surface area contributed by atoms with Crippen molar-refractivity contribution in [3.8, 4) is 0 Å². The van der Waals surface area contributed by atoms with E-state index in [2.05, 4.69) is 0 Å². The van der Waals surface area contributed by atoms with Gasteiger partial charge in [0, 0.05) is 0 Å². The Morgan fingerprint density at radius 1 is 1.70 bits per heavy atom. The van der Waals surface area contributed by atoms with E-state index in [4.69, 9.17) is 0 Å². The molecule has 0 amide bonds. The zero-order valence-corrected chi connectivity index (χ0v) is 7.19. The van der Waals surface area contributed by atoms with E-state index in [0.717, 1.165) is 6.42 Å². The first-order chi connectivity index (χ1) is 4.59. The second kappa shape index (κ2) is 2.86. The van der Waals surface area contributed by atoms with Crippen molar-refractivity contribution in [2.45, 2.75) is 17.3 Å². The third-order valence-corrected chi connectivity index (χ3v) is 4.42. The van der Waals surface area contributed by atoms with E-state index in [-0.39, 0.29) is 3.92 Å². The Morgan fingerprint density at radius 2 is 2.30 bits per heavy atom. The monoisotopic (exact) mass is 155 g/mol. The standard InChI is InChI=1S/C5H10NO2S.Li/c1-2-6-4-3-5-9(6,7)8;/h5H,2-4H2,1H3;. The van der Waals surface area contributed by atoms with E-state index in [0.29, 0.717) is 13.1 Å². The molecule has 0 aliphatic carbocycles. The van der Waals surface area contributed by atoms with Gasteiger partial charge in [-0.3, -0.25) is 0 Å². The van der Waals surface area contributed by atoms with Gasteiger partial charge in [-0.05, 0) is 0 Å². The molecule has 0 spiro atoms. The molecular formula is C5H10LiNO2S. The summed E-state index contributed by atoms with van der Waals surface area (Å²) in [5.74, 6) is 0. The summed E-state index contributed by atoms with van der Waals surface area (Å²) >= 11 is 1.77. The molecule has 0 radical (unpaired) electrons. The normalized spacial score (nSPS) is 32.9. The average molecular weight is 155 g/mol. The van der Waals surface area contributed by atoms with Crippen LogP contribution in [0.3, 0.4) is 0 Å². The molecular weight excluding hydrogens is 145 g/mol. The Hall–Kier alpha value is 0.507. The van der Waals surface area contributed by atoms with Crippen molar-refractivity contribution in [3.05, 3.63) is 0 Å². The molecule has 1 aliphatic heterocycles. The third kappa shape index (κ3) is 1.26. The molecule has 1 atom stereocenters. The zero-order chi connectivity index (χ0) is 7.78. The topological polar surface area (TPSA) is 37.4 Å². The van der Waals surface area contributed by atoms with E-state index in [9.17, 15) is 8.42 Å². The Kier molecular flexibility index (Phi) is 2.46. The van der Waals surface area contributed by atoms with Crippen molar-refractivity contribution in [2.75, 3.05) is 13.1 Å². The van der Waals surface area contributed by atoms with Crippen LogP contribution in [-0.2, 0) is 10.0 Å². The second-order valence-electron chi connectivity index (χ2n) is 2.64. The summed E-state index contributed by atoms with van der Waals surface area (Å²) in [7, 11) is -2.88. The van der Waals surface area contributed by atoms with Gasteiger partial charge in [-0.25, -0.2) is 0 Å². The van der Waals surface area contributed by atoms with Crippen LogP contribution in [0.15, 0.2) is 0 Å². The second-order valence-corrected chi connectivity index (χ2v) is 4.99. The van der Waals surface area contributed by atoms with Gasteiger partial charge in [0.05, 0.1) is 0 Å². The molecule has 1 rings (SSSR count). The van der Waals surface area contributed by atoms with Gasteiger partial charge in [0.1, 0.15) is 0 Å². The third-order valence-electron chi connectivity index (χ3n) is 2.01. The summed E-state index contributed by atoms with van der Waals surface area (Å²) < 4.78 is 23.9. The molecule has 0 aromatic carbocycles. The summed E-state index contributed by atoms with van der Waals surface area (Å²) in [6.45, 7) is 3.20. The molecule has 3 nitrogen and oxygen atoms in total. The molecule has 0 aromatic heterocycles. The van der Waals surface area contributed by atoms with Crippen LogP contribution in [0.2, 0.25) is 0 Å². The number of sulfonamides is 1. The van der Waals surface area contributed by atoms with Crippen molar-refractivity contribution < 1.29 is 8.42 Å². The van der Waals surface area contributed by atoms with E-state index < -0.39 is 10.0 Å². The molecule has 1 unspecified atom stereocenters. The molecule has 0 N–H and O–H groups in total. The van der Waals surface area contributed by atoms with Crippen LogP contribution in [0, 0.1) is 0 Å². The quantitative estimate of drug-likeness (QED) is 0.480. The fraction of sp³-hybridized carbons (Fsp3) is 1.00. The molecule has 1 fully saturated rings. The minimum absolute atomic E-state index is 0.160. The van der Waals surface area contributed by atoms with E-state index in [1.807, 2.05) is 6.92 Å². The Labute approximate surface area is 71.0 Å². The summed E-state index contributed by atoms with van der Waals surface area (Å²) in [5.41, 5.74) is 0. The fourth-order valence-electron chi connectivity index (χ4n) is 1.19. The van der Waals surface area contributed by atoms with Crippen LogP contribution in [-0.4, -0.2) is 47.5 Å². The molecule has 0 saturated carbocycles. The SMILES string of the molecule is [Li][CH]1CCN(CC)S1(=O)=O. The van der Waals surface area contributed by atoms with Crippen molar-refractivity contribution in [2.24, 2.45) is 0 Å². The van der Waals surface area contributed by atoms with Crippen molar-refractivity contribution in [1.29, 1.82) is 0 Å². The van der Waals surface area contributed by atoms with Gasteiger partial charge in [-0.1, -0.05) is 0 Å². The molecule has 54 valence electrons. The maximum atomic E-state index is 11.2. The van der Waals surface area contributed by atoms with E-state index in [1.165, 1.54) is 4.31 Å². The summed E-state index contributed by atoms with van der Waals surface area (Å²) in [6, 6.07) is 0. The molecule has 0 aromatic rings. The summed E-state index contributed by atoms with van der Waals surface area (Å²) in [4.78, 5) is 0. The number of rotatable bonds is 1. The molecule has 1 aliphatic rings. The van der Waals surface area contributed by atoms with Gasteiger partial charge < -0.3 is 0 Å². The van der Waals surface area contributed by atoms with Crippen LogP contribution < -0.4 is 0 Å². The van der Waals surface area contributed by atoms with Crippen molar-refractivity contribution in [3.63, 3.8) is 0 Å². The van der Waals surface area contributed by atoms with E-state index in [1.54, 1.807) is 17.7 Å². The molecule has 5 heteroatoms. The Bertz CT molecular complexity index is 214. The van der Waals surface area contributed by atoms with Crippen LogP contribution in [0.25, 0.3) is 0 Å². The number of hydrogen-bond acceptors (Lipinski definition) is 2. The van der Waals surface area contributed by atoms with Gasteiger partial charge in [0.25, 0.3) is 0 Å². The Balaban J connectivity index is 2.85. The molecule has 1 saturated heterocycles. The number of hydrogen-bond donors (Lipinski definition) is 0. The van der Waals surface area contributed by atoms with Crippen LogP contribution in [0.1, 0.15) is 13.3 Å². The van der Waals surface area contributed by atoms with Crippen LogP contribution in [0.5, 0.6) is 0 Å². The van der Waals surface area contributed by atoms with Crippen molar-refractivity contribution >= 4 is 27.7 Å². The first-order valence-electron chi connectivity index (χ1n) is 3.58. The minimum atomic E-state index is -2.88. The van der Waals surface area contributed by atoms with Crippen LogP contribution in [0.4, 0.5) is 0 Å². The first kappa shape index (κ1) is 8.60. The van der Waals surface area contributed by atoms with Crippen LogP contribution >= 0.6 is 0 Å². The predicted molar refractivity (Wildman–Crippen MR) is 40.3 cm³/mol. The average Bonchev–Trinajstić information content (AvgIpc) is 2.10. The summed E-state index contributed by atoms with van der Waals surface area (Å²) in [5, 5.41) is 0. The van der Waals surface area contributed by atoms with Gasteiger partial charge >= 0.3 is 70.8 Å². The van der Waals surface area contributed by atoms with Gasteiger partial charge in [-0.2, -0.15) is 0 Å². The summed E-state index contributed by atoms with van der Waals surface area (Å²) in [6.07, 6.45) is 0.788.